The second-order valence-electron chi connectivity index (χ2n) is 5.77. The summed E-state index contributed by atoms with van der Waals surface area (Å²) in [5, 5.41) is 12.1. The lowest BCUT2D eigenvalue weighted by Gasteiger charge is -2.15. The van der Waals surface area contributed by atoms with Gasteiger partial charge in [-0.3, -0.25) is 0 Å². The Morgan fingerprint density at radius 3 is 2.56 bits per heavy atom. The number of hydrogen-bond acceptors (Lipinski definition) is 6. The molecule has 132 valence electrons. The molecular formula is C19H25N5O. The van der Waals surface area contributed by atoms with Crippen LogP contribution in [0, 0.1) is 18.3 Å². The van der Waals surface area contributed by atoms with E-state index >= 15 is 0 Å². The van der Waals surface area contributed by atoms with Crippen molar-refractivity contribution in [1.82, 2.24) is 15.0 Å². The van der Waals surface area contributed by atoms with E-state index in [-0.39, 0.29) is 0 Å². The van der Waals surface area contributed by atoms with Gasteiger partial charge in [0.1, 0.15) is 11.8 Å². The molecule has 0 radical (unpaired) electrons. The molecule has 0 aliphatic rings. The minimum Gasteiger partial charge on any atom is -0.475 e. The Hall–Kier alpha value is -2.68. The number of aryl methyl sites for hydroxylation is 2. The number of nitrogens with one attached hydrogen (secondary N) is 1. The van der Waals surface area contributed by atoms with Crippen molar-refractivity contribution in [3.8, 4) is 23.2 Å². The van der Waals surface area contributed by atoms with Gasteiger partial charge in [-0.1, -0.05) is 26.7 Å². The number of aromatic nitrogens is 3. The van der Waals surface area contributed by atoms with E-state index in [4.69, 9.17) is 15.0 Å². The van der Waals surface area contributed by atoms with Crippen molar-refractivity contribution in [3.63, 3.8) is 0 Å². The Balaban J connectivity index is 2.40. The Morgan fingerprint density at radius 2 is 1.96 bits per heavy atom. The zero-order chi connectivity index (χ0) is 18.2. The molecule has 25 heavy (non-hydrogen) atoms. The van der Waals surface area contributed by atoms with Crippen LogP contribution < -0.4 is 10.1 Å². The van der Waals surface area contributed by atoms with E-state index in [0.29, 0.717) is 24.0 Å². The molecule has 0 aliphatic carbocycles. The van der Waals surface area contributed by atoms with Crippen LogP contribution in [0.15, 0.2) is 12.1 Å². The lowest BCUT2D eigenvalue weighted by molar-refractivity contribution is 0.294. The van der Waals surface area contributed by atoms with E-state index < -0.39 is 0 Å². The molecule has 2 rings (SSSR count). The topological polar surface area (TPSA) is 83.7 Å². The number of hydrogen-bond donors (Lipinski definition) is 1. The van der Waals surface area contributed by atoms with Crippen molar-refractivity contribution in [1.29, 1.82) is 5.26 Å². The highest BCUT2D eigenvalue weighted by atomic mass is 16.5. The molecule has 6 nitrogen and oxygen atoms in total. The summed E-state index contributed by atoms with van der Waals surface area (Å²) in [5.41, 5.74) is 3.69. The Morgan fingerprint density at radius 1 is 1.16 bits per heavy atom. The first-order valence-electron chi connectivity index (χ1n) is 8.74. The minimum atomic E-state index is 0.400. The summed E-state index contributed by atoms with van der Waals surface area (Å²) in [6, 6.07) is 5.65. The highest BCUT2D eigenvalue weighted by molar-refractivity contribution is 5.67. The maximum Gasteiger partial charge on any atom is 0.257 e. The SMILES string of the molecule is CCCCCOc1nc(CC)c(-c2ccc(C#N)nc2C)nc1NC. The number of anilines is 1. The van der Waals surface area contributed by atoms with Crippen LogP contribution >= 0.6 is 0 Å². The van der Waals surface area contributed by atoms with Gasteiger partial charge in [-0.2, -0.15) is 5.26 Å². The van der Waals surface area contributed by atoms with Crippen LogP contribution in [0.3, 0.4) is 0 Å². The molecular weight excluding hydrogens is 314 g/mol. The van der Waals surface area contributed by atoms with Gasteiger partial charge in [-0.05, 0) is 31.9 Å². The molecule has 0 saturated heterocycles. The van der Waals surface area contributed by atoms with Crippen molar-refractivity contribution in [3.05, 3.63) is 29.2 Å². The molecule has 0 amide bonds. The lowest BCUT2D eigenvalue weighted by atomic mass is 10.1. The number of nitrogens with zero attached hydrogens (tertiary/aromatic N) is 4. The molecule has 0 spiro atoms. The molecule has 0 aliphatic heterocycles. The Labute approximate surface area is 149 Å². The first-order valence-corrected chi connectivity index (χ1v) is 8.74. The van der Waals surface area contributed by atoms with Crippen LogP contribution in [0.2, 0.25) is 0 Å². The van der Waals surface area contributed by atoms with Crippen molar-refractivity contribution >= 4 is 5.82 Å². The average molecular weight is 339 g/mol. The summed E-state index contributed by atoms with van der Waals surface area (Å²) in [6.07, 6.45) is 4.02. The van der Waals surface area contributed by atoms with Crippen LogP contribution in [0.1, 0.15) is 50.2 Å². The molecule has 1 N–H and O–H groups in total. The van der Waals surface area contributed by atoms with Gasteiger partial charge >= 0.3 is 0 Å². The normalized spacial score (nSPS) is 10.4. The summed E-state index contributed by atoms with van der Waals surface area (Å²) >= 11 is 0. The number of rotatable bonds is 8. The van der Waals surface area contributed by atoms with Gasteiger partial charge in [-0.15, -0.1) is 0 Å². The smallest absolute Gasteiger partial charge is 0.257 e. The number of pyridine rings is 1. The maximum absolute atomic E-state index is 9.00. The quantitative estimate of drug-likeness (QED) is 0.735. The van der Waals surface area contributed by atoms with E-state index in [9.17, 15) is 0 Å². The number of unbranched alkanes of at least 4 members (excludes halogenated alkanes) is 2. The van der Waals surface area contributed by atoms with Gasteiger partial charge < -0.3 is 10.1 Å². The standard InChI is InChI=1S/C19H25N5O/c1-5-7-8-11-25-19-18(21-4)24-17(16(6-2)23-19)15-10-9-14(12-20)22-13(15)3/h9-10H,5-8,11H2,1-4H3,(H,21,24). The highest BCUT2D eigenvalue weighted by Crippen LogP contribution is 2.29. The fraction of sp³-hybridized carbons (Fsp3) is 0.474. The fourth-order valence-electron chi connectivity index (χ4n) is 2.57. The van der Waals surface area contributed by atoms with Gasteiger partial charge in [0.25, 0.3) is 5.88 Å². The summed E-state index contributed by atoms with van der Waals surface area (Å²) in [6.45, 7) is 6.72. The fourth-order valence-corrected chi connectivity index (χ4v) is 2.57. The van der Waals surface area contributed by atoms with Crippen molar-refractivity contribution in [2.24, 2.45) is 0 Å². The monoisotopic (exact) mass is 339 g/mol. The molecule has 0 bridgehead atoms. The maximum atomic E-state index is 9.00. The largest absolute Gasteiger partial charge is 0.475 e. The molecule has 6 heteroatoms. The molecule has 0 fully saturated rings. The van der Waals surface area contributed by atoms with Gasteiger partial charge in [0.2, 0.25) is 0 Å². The summed E-state index contributed by atoms with van der Waals surface area (Å²) < 4.78 is 5.84. The van der Waals surface area contributed by atoms with E-state index in [2.05, 4.69) is 28.3 Å². The average Bonchev–Trinajstić information content (AvgIpc) is 2.64. The molecule has 2 aromatic heterocycles. The van der Waals surface area contributed by atoms with E-state index in [1.54, 1.807) is 6.07 Å². The Kier molecular flexibility index (Phi) is 6.70. The predicted octanol–water partition coefficient (Wildman–Crippen LogP) is 3.89. The van der Waals surface area contributed by atoms with Crippen LogP contribution in [-0.2, 0) is 6.42 Å². The first-order chi connectivity index (χ1) is 12.1. The molecule has 0 atom stereocenters. The number of ether oxygens (including phenoxy) is 1. The van der Waals surface area contributed by atoms with E-state index in [1.807, 2.05) is 27.0 Å². The van der Waals surface area contributed by atoms with Crippen LogP contribution in [-0.4, -0.2) is 28.6 Å². The summed E-state index contributed by atoms with van der Waals surface area (Å²) in [7, 11) is 1.81. The van der Waals surface area contributed by atoms with E-state index in [1.165, 1.54) is 0 Å². The van der Waals surface area contributed by atoms with Gasteiger partial charge in [0.15, 0.2) is 5.82 Å². The van der Waals surface area contributed by atoms with Crippen molar-refractivity contribution in [2.75, 3.05) is 19.0 Å². The molecule has 2 heterocycles. The van der Waals surface area contributed by atoms with Crippen LogP contribution in [0.4, 0.5) is 5.82 Å². The summed E-state index contributed by atoms with van der Waals surface area (Å²) in [4.78, 5) is 13.7. The van der Waals surface area contributed by atoms with Gasteiger partial charge in [0, 0.05) is 18.3 Å². The third kappa shape index (κ3) is 4.44. The van der Waals surface area contributed by atoms with Crippen LogP contribution in [0.5, 0.6) is 5.88 Å². The molecule has 0 aromatic carbocycles. The van der Waals surface area contributed by atoms with Crippen molar-refractivity contribution in [2.45, 2.75) is 46.5 Å². The highest BCUT2D eigenvalue weighted by Gasteiger charge is 2.17. The zero-order valence-electron chi connectivity index (χ0n) is 15.4. The third-order valence-corrected chi connectivity index (χ3v) is 3.95. The molecule has 0 saturated carbocycles. The van der Waals surface area contributed by atoms with Gasteiger partial charge in [0.05, 0.1) is 18.0 Å². The molecule has 0 unspecified atom stereocenters. The lowest BCUT2D eigenvalue weighted by Crippen LogP contribution is -2.08. The first kappa shape index (κ1) is 18.7. The van der Waals surface area contributed by atoms with E-state index in [0.717, 1.165) is 48.3 Å². The third-order valence-electron chi connectivity index (χ3n) is 3.95. The molecule has 2 aromatic rings. The second-order valence-corrected chi connectivity index (χ2v) is 5.77. The Bertz CT molecular complexity index is 767. The van der Waals surface area contributed by atoms with Crippen LogP contribution in [0.25, 0.3) is 11.3 Å². The second kappa shape index (κ2) is 8.97. The zero-order valence-corrected chi connectivity index (χ0v) is 15.4. The summed E-state index contributed by atoms with van der Waals surface area (Å²) in [5.74, 6) is 1.16. The minimum absolute atomic E-state index is 0.400. The van der Waals surface area contributed by atoms with Gasteiger partial charge in [-0.25, -0.2) is 15.0 Å². The van der Waals surface area contributed by atoms with Crippen molar-refractivity contribution < 1.29 is 4.74 Å². The number of nitriles is 1. The predicted molar refractivity (Wildman–Crippen MR) is 98.7 cm³/mol.